The van der Waals surface area contributed by atoms with E-state index in [0.29, 0.717) is 5.02 Å². The van der Waals surface area contributed by atoms with Gasteiger partial charge in [0.25, 0.3) is 0 Å². The summed E-state index contributed by atoms with van der Waals surface area (Å²) in [6.07, 6.45) is 0.856. The van der Waals surface area contributed by atoms with Gasteiger partial charge in [0, 0.05) is 11.1 Å². The summed E-state index contributed by atoms with van der Waals surface area (Å²) < 4.78 is 0. The van der Waals surface area contributed by atoms with Crippen molar-refractivity contribution in [3.05, 3.63) is 34.3 Å². The molecular formula is C10H14ClNO. The maximum Gasteiger partial charge on any atom is 0.0685 e. The average molecular weight is 200 g/mol. The van der Waals surface area contributed by atoms with Crippen molar-refractivity contribution in [2.24, 2.45) is 5.73 Å². The van der Waals surface area contributed by atoms with Crippen LogP contribution in [0.5, 0.6) is 0 Å². The summed E-state index contributed by atoms with van der Waals surface area (Å²) >= 11 is 5.79. The minimum atomic E-state index is -0.0144. The van der Waals surface area contributed by atoms with Gasteiger partial charge in [-0.25, -0.2) is 0 Å². The molecule has 1 aromatic rings. The lowest BCUT2D eigenvalue weighted by atomic mass is 10.00. The molecule has 13 heavy (non-hydrogen) atoms. The molecule has 1 unspecified atom stereocenters. The van der Waals surface area contributed by atoms with Gasteiger partial charge in [-0.05, 0) is 29.7 Å². The van der Waals surface area contributed by atoms with Gasteiger partial charge >= 0.3 is 0 Å². The fourth-order valence-electron chi connectivity index (χ4n) is 1.29. The molecule has 0 amide bonds. The van der Waals surface area contributed by atoms with Gasteiger partial charge in [-0.2, -0.15) is 0 Å². The largest absolute Gasteiger partial charge is 0.392 e. The van der Waals surface area contributed by atoms with Gasteiger partial charge in [-0.1, -0.05) is 24.6 Å². The van der Waals surface area contributed by atoms with Gasteiger partial charge in [-0.15, -0.1) is 0 Å². The highest BCUT2D eigenvalue weighted by Crippen LogP contribution is 2.22. The normalized spacial score (nSPS) is 12.9. The number of aliphatic hydroxyl groups excluding tert-OH is 1. The zero-order valence-electron chi connectivity index (χ0n) is 7.63. The number of nitrogens with two attached hydrogens (primary N) is 1. The maximum absolute atomic E-state index is 9.07. The Kier molecular flexibility index (Phi) is 3.72. The van der Waals surface area contributed by atoms with Crippen LogP contribution in [-0.2, 0) is 6.61 Å². The van der Waals surface area contributed by atoms with Crippen molar-refractivity contribution in [2.75, 3.05) is 0 Å². The van der Waals surface area contributed by atoms with Gasteiger partial charge in [0.2, 0.25) is 0 Å². The molecule has 1 rings (SSSR count). The topological polar surface area (TPSA) is 46.2 Å². The Balaban J connectivity index is 3.05. The Morgan fingerprint density at radius 1 is 1.54 bits per heavy atom. The van der Waals surface area contributed by atoms with Crippen LogP contribution >= 0.6 is 11.6 Å². The average Bonchev–Trinajstić information content (AvgIpc) is 2.16. The van der Waals surface area contributed by atoms with Crippen LogP contribution in [0.15, 0.2) is 18.2 Å². The third-order valence-corrected chi connectivity index (χ3v) is 2.35. The highest BCUT2D eigenvalue weighted by atomic mass is 35.5. The van der Waals surface area contributed by atoms with Crippen molar-refractivity contribution in [1.29, 1.82) is 0 Å². The Morgan fingerprint density at radius 2 is 2.23 bits per heavy atom. The second-order valence-electron chi connectivity index (χ2n) is 3.02. The molecule has 3 N–H and O–H groups in total. The number of halogens is 1. The molecule has 0 saturated heterocycles. The van der Waals surface area contributed by atoms with Crippen LogP contribution in [0.2, 0.25) is 5.02 Å². The Morgan fingerprint density at radius 3 is 2.77 bits per heavy atom. The molecule has 72 valence electrons. The second-order valence-corrected chi connectivity index (χ2v) is 3.45. The van der Waals surface area contributed by atoms with Crippen LogP contribution in [0.4, 0.5) is 0 Å². The summed E-state index contributed by atoms with van der Waals surface area (Å²) in [6, 6.07) is 5.42. The lowest BCUT2D eigenvalue weighted by Gasteiger charge is -2.13. The fraction of sp³-hybridized carbons (Fsp3) is 0.400. The van der Waals surface area contributed by atoms with Gasteiger partial charge in [0.1, 0.15) is 0 Å². The van der Waals surface area contributed by atoms with Crippen molar-refractivity contribution >= 4 is 11.6 Å². The van der Waals surface area contributed by atoms with Crippen molar-refractivity contribution in [2.45, 2.75) is 26.0 Å². The molecule has 0 aliphatic heterocycles. The number of hydrogen-bond acceptors (Lipinski definition) is 2. The van der Waals surface area contributed by atoms with Crippen molar-refractivity contribution in [3.8, 4) is 0 Å². The first-order valence-corrected chi connectivity index (χ1v) is 4.71. The Labute approximate surface area is 83.3 Å². The minimum absolute atomic E-state index is 0.0103. The second kappa shape index (κ2) is 4.61. The van der Waals surface area contributed by atoms with Crippen LogP contribution in [-0.4, -0.2) is 5.11 Å². The van der Waals surface area contributed by atoms with E-state index in [0.717, 1.165) is 17.5 Å². The predicted molar refractivity (Wildman–Crippen MR) is 54.6 cm³/mol. The monoisotopic (exact) mass is 199 g/mol. The van der Waals surface area contributed by atoms with E-state index in [2.05, 4.69) is 0 Å². The summed E-state index contributed by atoms with van der Waals surface area (Å²) in [5.74, 6) is 0. The minimum Gasteiger partial charge on any atom is -0.392 e. The molecule has 0 aliphatic carbocycles. The third kappa shape index (κ3) is 2.44. The SMILES string of the molecule is CCC(N)c1ccc(Cl)cc1CO. The van der Waals surface area contributed by atoms with Gasteiger partial charge in [0.15, 0.2) is 0 Å². The Bertz CT molecular complexity index is 288. The first kappa shape index (κ1) is 10.5. The predicted octanol–water partition coefficient (Wildman–Crippen LogP) is 2.24. The first-order valence-electron chi connectivity index (χ1n) is 4.33. The van der Waals surface area contributed by atoms with Crippen LogP contribution in [0.3, 0.4) is 0 Å². The van der Waals surface area contributed by atoms with Gasteiger partial charge in [-0.3, -0.25) is 0 Å². The number of rotatable bonds is 3. The highest BCUT2D eigenvalue weighted by molar-refractivity contribution is 6.30. The zero-order chi connectivity index (χ0) is 9.84. The Hall–Kier alpha value is -0.570. The summed E-state index contributed by atoms with van der Waals surface area (Å²) in [4.78, 5) is 0. The van der Waals surface area contributed by atoms with Crippen molar-refractivity contribution in [1.82, 2.24) is 0 Å². The third-order valence-electron chi connectivity index (χ3n) is 2.11. The molecule has 3 heteroatoms. The fourth-order valence-corrected chi connectivity index (χ4v) is 1.49. The van der Waals surface area contributed by atoms with Crippen LogP contribution < -0.4 is 5.73 Å². The van der Waals surface area contributed by atoms with E-state index >= 15 is 0 Å². The van der Waals surface area contributed by atoms with Crippen LogP contribution in [0.1, 0.15) is 30.5 Å². The zero-order valence-corrected chi connectivity index (χ0v) is 8.38. The standard InChI is InChI=1S/C10H14ClNO/c1-2-10(12)9-4-3-8(11)5-7(9)6-13/h3-5,10,13H,2,6,12H2,1H3. The van der Waals surface area contributed by atoms with Crippen LogP contribution in [0, 0.1) is 0 Å². The summed E-state index contributed by atoms with van der Waals surface area (Å²) in [6.45, 7) is 2.00. The van der Waals surface area contributed by atoms with E-state index in [4.69, 9.17) is 22.4 Å². The first-order chi connectivity index (χ1) is 6.19. The van der Waals surface area contributed by atoms with Gasteiger partial charge < -0.3 is 10.8 Å². The van der Waals surface area contributed by atoms with E-state index in [1.807, 2.05) is 13.0 Å². The molecule has 0 aliphatic rings. The highest BCUT2D eigenvalue weighted by Gasteiger charge is 2.08. The molecular weight excluding hydrogens is 186 g/mol. The number of benzene rings is 1. The smallest absolute Gasteiger partial charge is 0.0685 e. The molecule has 1 aromatic carbocycles. The molecule has 2 nitrogen and oxygen atoms in total. The molecule has 0 saturated carbocycles. The molecule has 0 aromatic heterocycles. The summed E-state index contributed by atoms with van der Waals surface area (Å²) in [5, 5.41) is 9.71. The quantitative estimate of drug-likeness (QED) is 0.785. The maximum atomic E-state index is 9.07. The van der Waals surface area contributed by atoms with E-state index in [-0.39, 0.29) is 12.6 Å². The lowest BCUT2D eigenvalue weighted by Crippen LogP contribution is -2.11. The van der Waals surface area contributed by atoms with Crippen molar-refractivity contribution in [3.63, 3.8) is 0 Å². The van der Waals surface area contributed by atoms with Gasteiger partial charge in [0.05, 0.1) is 6.61 Å². The lowest BCUT2D eigenvalue weighted by molar-refractivity contribution is 0.280. The molecule has 0 radical (unpaired) electrons. The van der Waals surface area contributed by atoms with Crippen molar-refractivity contribution < 1.29 is 5.11 Å². The van der Waals surface area contributed by atoms with E-state index in [9.17, 15) is 0 Å². The molecule has 0 bridgehead atoms. The van der Waals surface area contributed by atoms with E-state index < -0.39 is 0 Å². The van der Waals surface area contributed by atoms with E-state index in [1.165, 1.54) is 0 Å². The number of hydrogen-bond donors (Lipinski definition) is 2. The number of aliphatic hydroxyl groups is 1. The molecule has 1 atom stereocenters. The molecule has 0 heterocycles. The van der Waals surface area contributed by atoms with Crippen LogP contribution in [0.25, 0.3) is 0 Å². The molecule has 0 fully saturated rings. The van der Waals surface area contributed by atoms with E-state index in [1.54, 1.807) is 12.1 Å². The summed E-state index contributed by atoms with van der Waals surface area (Å²) in [5.41, 5.74) is 7.67. The summed E-state index contributed by atoms with van der Waals surface area (Å²) in [7, 11) is 0. The molecule has 0 spiro atoms.